The van der Waals surface area contributed by atoms with Gasteiger partial charge in [0.1, 0.15) is 0 Å². The van der Waals surface area contributed by atoms with Gasteiger partial charge < -0.3 is 10.2 Å². The number of amides is 1. The minimum Gasteiger partial charge on any atom is -0.333 e. The Balaban J connectivity index is 2.22. The van der Waals surface area contributed by atoms with Crippen molar-refractivity contribution in [2.75, 3.05) is 13.1 Å². The summed E-state index contributed by atoms with van der Waals surface area (Å²) in [5.41, 5.74) is 1.14. The van der Waals surface area contributed by atoms with E-state index < -0.39 is 0 Å². The lowest BCUT2D eigenvalue weighted by atomic mass is 10.0. The fourth-order valence-electron chi connectivity index (χ4n) is 2.64. The van der Waals surface area contributed by atoms with Crippen molar-refractivity contribution in [3.63, 3.8) is 0 Å². The highest BCUT2D eigenvalue weighted by atomic mass is 16.2. The molecule has 1 saturated heterocycles. The lowest BCUT2D eigenvalue weighted by Gasteiger charge is -2.40. The molecule has 2 rings (SSSR count). The number of piperazine rings is 1. The molecule has 1 amide bonds. The van der Waals surface area contributed by atoms with Gasteiger partial charge in [-0.25, -0.2) is 0 Å². The van der Waals surface area contributed by atoms with Crippen molar-refractivity contribution >= 4 is 5.91 Å². The standard InChI is InChI=1S/C16H21N3O/c1-3-14-11-19(15(4-2)10-18-14)16(20)13-7-5-6-12(8-13)9-17/h5-8,14-15,18H,3-4,10-11H2,1-2H3. The van der Waals surface area contributed by atoms with Crippen LogP contribution in [0.5, 0.6) is 0 Å². The van der Waals surface area contributed by atoms with Crippen LogP contribution in [-0.4, -0.2) is 36.0 Å². The Morgan fingerprint density at radius 1 is 1.45 bits per heavy atom. The summed E-state index contributed by atoms with van der Waals surface area (Å²) in [7, 11) is 0. The Bertz CT molecular complexity index is 521. The highest BCUT2D eigenvalue weighted by Gasteiger charge is 2.30. The molecule has 1 aromatic rings. The molecule has 4 nitrogen and oxygen atoms in total. The average molecular weight is 271 g/mol. The van der Waals surface area contributed by atoms with Gasteiger partial charge in [0, 0.05) is 30.7 Å². The maximum atomic E-state index is 12.7. The van der Waals surface area contributed by atoms with Gasteiger partial charge in [-0.1, -0.05) is 19.9 Å². The van der Waals surface area contributed by atoms with Crippen LogP contribution in [0.4, 0.5) is 0 Å². The number of carbonyl (C=O) groups excluding carboxylic acids is 1. The molecular formula is C16H21N3O. The molecule has 1 N–H and O–H groups in total. The summed E-state index contributed by atoms with van der Waals surface area (Å²) in [6.07, 6.45) is 1.95. The van der Waals surface area contributed by atoms with Crippen LogP contribution < -0.4 is 5.32 Å². The van der Waals surface area contributed by atoms with E-state index in [4.69, 9.17) is 5.26 Å². The van der Waals surface area contributed by atoms with Crippen LogP contribution >= 0.6 is 0 Å². The van der Waals surface area contributed by atoms with Gasteiger partial charge in [0.25, 0.3) is 5.91 Å². The van der Waals surface area contributed by atoms with Crippen molar-refractivity contribution in [2.24, 2.45) is 0 Å². The number of hydrogen-bond acceptors (Lipinski definition) is 3. The smallest absolute Gasteiger partial charge is 0.254 e. The van der Waals surface area contributed by atoms with Gasteiger partial charge in [-0.05, 0) is 31.0 Å². The van der Waals surface area contributed by atoms with Crippen LogP contribution in [0, 0.1) is 11.3 Å². The topological polar surface area (TPSA) is 56.1 Å². The van der Waals surface area contributed by atoms with E-state index >= 15 is 0 Å². The fourth-order valence-corrected chi connectivity index (χ4v) is 2.64. The van der Waals surface area contributed by atoms with E-state index in [1.54, 1.807) is 24.3 Å². The third kappa shape index (κ3) is 3.00. The third-order valence-corrected chi connectivity index (χ3v) is 3.96. The van der Waals surface area contributed by atoms with Gasteiger partial charge in [-0.15, -0.1) is 0 Å². The SMILES string of the molecule is CCC1CN(C(=O)c2cccc(C#N)c2)C(CC)CN1. The summed E-state index contributed by atoms with van der Waals surface area (Å²) in [5.74, 6) is 0.0360. The van der Waals surface area contributed by atoms with E-state index in [1.807, 2.05) is 4.90 Å². The first-order chi connectivity index (χ1) is 9.69. The summed E-state index contributed by atoms with van der Waals surface area (Å²) in [6.45, 7) is 5.82. The van der Waals surface area contributed by atoms with Gasteiger partial charge in [0.2, 0.25) is 0 Å². The number of rotatable bonds is 3. The second-order valence-electron chi connectivity index (χ2n) is 5.23. The van der Waals surface area contributed by atoms with Crippen molar-refractivity contribution in [1.29, 1.82) is 5.26 Å². The molecule has 4 heteroatoms. The van der Waals surface area contributed by atoms with E-state index in [0.29, 0.717) is 17.2 Å². The lowest BCUT2D eigenvalue weighted by Crippen LogP contribution is -2.57. The van der Waals surface area contributed by atoms with Crippen molar-refractivity contribution in [3.05, 3.63) is 35.4 Å². The predicted molar refractivity (Wildman–Crippen MR) is 78.4 cm³/mol. The highest BCUT2D eigenvalue weighted by Crippen LogP contribution is 2.16. The number of carbonyl (C=O) groups is 1. The molecule has 1 fully saturated rings. The zero-order valence-electron chi connectivity index (χ0n) is 12.1. The number of nitriles is 1. The zero-order chi connectivity index (χ0) is 14.5. The molecular weight excluding hydrogens is 250 g/mol. The quantitative estimate of drug-likeness (QED) is 0.916. The first-order valence-electron chi connectivity index (χ1n) is 7.24. The van der Waals surface area contributed by atoms with Gasteiger partial charge in [-0.3, -0.25) is 4.79 Å². The molecule has 0 spiro atoms. The van der Waals surface area contributed by atoms with Crippen LogP contribution in [0.3, 0.4) is 0 Å². The second-order valence-corrected chi connectivity index (χ2v) is 5.23. The molecule has 106 valence electrons. The predicted octanol–water partition coefficient (Wildman–Crippen LogP) is 2.16. The molecule has 0 bridgehead atoms. The Labute approximate surface area is 120 Å². The summed E-state index contributed by atoms with van der Waals surface area (Å²) < 4.78 is 0. The summed E-state index contributed by atoms with van der Waals surface area (Å²) >= 11 is 0. The van der Waals surface area contributed by atoms with E-state index in [1.165, 1.54) is 0 Å². The average Bonchev–Trinajstić information content (AvgIpc) is 2.53. The van der Waals surface area contributed by atoms with Crippen LogP contribution in [0.1, 0.15) is 42.6 Å². The van der Waals surface area contributed by atoms with Gasteiger partial charge in [-0.2, -0.15) is 5.26 Å². The normalized spacial score (nSPS) is 22.4. The Morgan fingerprint density at radius 3 is 2.90 bits per heavy atom. The van der Waals surface area contributed by atoms with Crippen LogP contribution in [-0.2, 0) is 0 Å². The molecule has 1 aliphatic rings. The summed E-state index contributed by atoms with van der Waals surface area (Å²) in [5, 5.41) is 12.4. The van der Waals surface area contributed by atoms with Gasteiger partial charge >= 0.3 is 0 Å². The molecule has 0 aliphatic carbocycles. The Hall–Kier alpha value is -1.86. The molecule has 0 saturated carbocycles. The van der Waals surface area contributed by atoms with E-state index in [-0.39, 0.29) is 11.9 Å². The van der Waals surface area contributed by atoms with Crippen molar-refractivity contribution in [3.8, 4) is 6.07 Å². The molecule has 2 atom stereocenters. The summed E-state index contributed by atoms with van der Waals surface area (Å²) in [4.78, 5) is 14.6. The fraction of sp³-hybridized carbons (Fsp3) is 0.500. The molecule has 0 aromatic heterocycles. The number of nitrogens with zero attached hydrogens (tertiary/aromatic N) is 2. The number of nitrogens with one attached hydrogen (secondary N) is 1. The zero-order valence-corrected chi connectivity index (χ0v) is 12.1. The van der Waals surface area contributed by atoms with Crippen LogP contribution in [0.25, 0.3) is 0 Å². The Morgan fingerprint density at radius 2 is 2.25 bits per heavy atom. The molecule has 2 unspecified atom stereocenters. The first-order valence-corrected chi connectivity index (χ1v) is 7.24. The molecule has 1 aromatic carbocycles. The summed E-state index contributed by atoms with van der Waals surface area (Å²) in [6, 6.07) is 9.64. The molecule has 1 aliphatic heterocycles. The van der Waals surface area contributed by atoms with Crippen molar-refractivity contribution in [1.82, 2.24) is 10.2 Å². The van der Waals surface area contributed by atoms with Crippen LogP contribution in [0.15, 0.2) is 24.3 Å². The molecule has 1 heterocycles. The minimum absolute atomic E-state index is 0.0360. The maximum Gasteiger partial charge on any atom is 0.254 e. The second kappa shape index (κ2) is 6.53. The van der Waals surface area contributed by atoms with E-state index in [0.717, 1.165) is 25.9 Å². The largest absolute Gasteiger partial charge is 0.333 e. The monoisotopic (exact) mass is 271 g/mol. The van der Waals surface area contributed by atoms with Crippen LogP contribution in [0.2, 0.25) is 0 Å². The minimum atomic E-state index is 0.0360. The van der Waals surface area contributed by atoms with Crippen molar-refractivity contribution < 1.29 is 4.79 Å². The first kappa shape index (κ1) is 14.5. The molecule has 0 radical (unpaired) electrons. The maximum absolute atomic E-state index is 12.7. The van der Waals surface area contributed by atoms with Gasteiger partial charge in [0.05, 0.1) is 11.6 Å². The third-order valence-electron chi connectivity index (χ3n) is 3.96. The number of benzene rings is 1. The lowest BCUT2D eigenvalue weighted by molar-refractivity contribution is 0.0576. The molecule has 20 heavy (non-hydrogen) atoms. The van der Waals surface area contributed by atoms with E-state index in [2.05, 4.69) is 25.2 Å². The van der Waals surface area contributed by atoms with E-state index in [9.17, 15) is 4.79 Å². The number of hydrogen-bond donors (Lipinski definition) is 1. The Kier molecular flexibility index (Phi) is 4.75. The highest BCUT2D eigenvalue weighted by molar-refractivity contribution is 5.94. The van der Waals surface area contributed by atoms with Gasteiger partial charge in [0.15, 0.2) is 0 Å². The van der Waals surface area contributed by atoms with Crippen molar-refractivity contribution in [2.45, 2.75) is 38.8 Å².